The zero-order chi connectivity index (χ0) is 39.8. The van der Waals surface area contributed by atoms with Crippen molar-refractivity contribution < 1.29 is 37.8 Å². The summed E-state index contributed by atoms with van der Waals surface area (Å²) in [4.78, 5) is 18.7. The number of nitrogens with zero attached hydrogens (tertiary/aromatic N) is 6. The van der Waals surface area contributed by atoms with Gasteiger partial charge in [-0.25, -0.2) is 19.0 Å². The number of nitrogens with two attached hydrogens (primary N) is 1. The number of rotatable bonds is 28. The molecule has 0 aromatic carbocycles. The van der Waals surface area contributed by atoms with E-state index in [1.54, 1.807) is 24.3 Å². The molecule has 1 aliphatic heterocycles. The first kappa shape index (κ1) is 43.6. The van der Waals surface area contributed by atoms with Crippen LogP contribution in [0.2, 0.25) is 0 Å². The van der Waals surface area contributed by atoms with Gasteiger partial charge in [-0.2, -0.15) is 15.6 Å². The number of aromatic nitrogens is 4. The van der Waals surface area contributed by atoms with Gasteiger partial charge < -0.3 is 29.9 Å². The lowest BCUT2D eigenvalue weighted by Gasteiger charge is -2.23. The Kier molecular flexibility index (Phi) is 17.0. The van der Waals surface area contributed by atoms with E-state index < -0.39 is 43.8 Å². The third-order valence-electron chi connectivity index (χ3n) is 10.7. The number of anilines is 1. The van der Waals surface area contributed by atoms with E-state index >= 15 is 0 Å². The molecule has 3 aromatic rings. The molecule has 3 aromatic heterocycles. The molecule has 0 bridgehead atoms. The van der Waals surface area contributed by atoms with Crippen LogP contribution in [0.5, 0.6) is 0 Å². The molecule has 15 nitrogen and oxygen atoms in total. The predicted molar refractivity (Wildman–Crippen MR) is 208 cm³/mol. The molecule has 1 aliphatic carbocycles. The summed E-state index contributed by atoms with van der Waals surface area (Å²) in [6.07, 6.45) is 19.1. The Hall–Kier alpha value is -3.50. The molecule has 0 radical (unpaired) electrons. The van der Waals surface area contributed by atoms with E-state index in [1.165, 1.54) is 101 Å². The Balaban J connectivity index is 1.01. The average molecular weight is 796 g/mol. The van der Waals surface area contributed by atoms with Crippen molar-refractivity contribution >= 4 is 19.2 Å². The topological polar surface area (TPSA) is 220 Å². The first-order valence-electron chi connectivity index (χ1n) is 20.3. The van der Waals surface area contributed by atoms with Crippen molar-refractivity contribution in [1.29, 1.82) is 10.5 Å². The lowest BCUT2D eigenvalue weighted by molar-refractivity contribution is -0.0634. The van der Waals surface area contributed by atoms with Gasteiger partial charge in [-0.05, 0) is 30.2 Å². The predicted octanol–water partition coefficient (Wildman–Crippen LogP) is 7.27. The Labute approximate surface area is 330 Å². The number of aliphatic hydroxyl groups excluding tert-OH is 1. The number of phosphoric ester groups is 1. The van der Waals surface area contributed by atoms with Crippen molar-refractivity contribution in [2.75, 3.05) is 25.6 Å². The van der Waals surface area contributed by atoms with E-state index in [0.29, 0.717) is 23.4 Å². The highest BCUT2D eigenvalue weighted by Crippen LogP contribution is 2.65. The van der Waals surface area contributed by atoms with Gasteiger partial charge in [0.25, 0.3) is 0 Å². The highest BCUT2D eigenvalue weighted by Gasteiger charge is 2.79. The number of fused-ring (bicyclic) bond motifs is 2. The van der Waals surface area contributed by atoms with Gasteiger partial charge in [0.2, 0.25) is 0 Å². The summed E-state index contributed by atoms with van der Waals surface area (Å²) in [5, 5.41) is 34.4. The standard InChI is InChI=1S/C40H58N7O8P/c1-2-3-4-5-6-7-8-9-10-11-12-13-14-15-16-17-22-51-26-32(52-25-30-18-19-31(23-41)44-24-30)27-53-56(49,50)55-38-35-36(48)37(54-40(35,38)28-42)33-20-21-34-39(43)45-29-46-47(33)34/h18-21,24,29,32,35-38,48H,2-17,22,25-27H2,1H3,(H,49,50)(H2,43,45,46)/t32-,35?,36-,37+,38?,40+/m1/s1. The van der Waals surface area contributed by atoms with Gasteiger partial charge in [-0.3, -0.25) is 9.05 Å². The molecule has 0 amide bonds. The molecule has 56 heavy (non-hydrogen) atoms. The molecule has 4 heterocycles. The zero-order valence-corrected chi connectivity index (χ0v) is 33.4. The second kappa shape index (κ2) is 21.9. The number of hydrogen-bond acceptors (Lipinski definition) is 13. The van der Waals surface area contributed by atoms with Crippen molar-refractivity contribution in [1.82, 2.24) is 19.6 Å². The van der Waals surface area contributed by atoms with Crippen LogP contribution in [0, 0.1) is 28.6 Å². The molecule has 16 heteroatoms. The molecule has 2 aliphatic rings. The fourth-order valence-corrected chi connectivity index (χ4v) is 8.38. The van der Waals surface area contributed by atoms with Crippen LogP contribution in [0.25, 0.3) is 5.52 Å². The smallest absolute Gasteiger partial charge is 0.389 e. The SMILES string of the molecule is CCCCCCCCCCCCCCCCCCOC[C@H](COP(=O)(O)OC1C2[C@@H](O)[C@H](c3ccc4c(N)ncnn34)O[C@]12C#N)OCc1ccc(C#N)nc1. The van der Waals surface area contributed by atoms with Crippen molar-refractivity contribution in [3.05, 3.63) is 53.7 Å². The van der Waals surface area contributed by atoms with Gasteiger partial charge in [-0.1, -0.05) is 109 Å². The van der Waals surface area contributed by atoms with Crippen LogP contribution in [0.3, 0.4) is 0 Å². The molecular weight excluding hydrogens is 737 g/mol. The molecule has 2 fully saturated rings. The van der Waals surface area contributed by atoms with Crippen LogP contribution < -0.4 is 5.73 Å². The summed E-state index contributed by atoms with van der Waals surface area (Å²) in [7, 11) is -4.76. The number of aliphatic hydroxyl groups is 1. The van der Waals surface area contributed by atoms with Crippen LogP contribution in [0.1, 0.15) is 133 Å². The van der Waals surface area contributed by atoms with Crippen LogP contribution in [-0.4, -0.2) is 73.3 Å². The summed E-state index contributed by atoms with van der Waals surface area (Å²) in [5.74, 6) is -0.676. The molecule has 4 N–H and O–H groups in total. The average Bonchev–Trinajstić information content (AvgIpc) is 3.42. The molecular formula is C40H58N7O8P. The summed E-state index contributed by atoms with van der Waals surface area (Å²) in [6, 6.07) is 10.6. The van der Waals surface area contributed by atoms with Gasteiger partial charge in [0.1, 0.15) is 48.0 Å². The zero-order valence-electron chi connectivity index (χ0n) is 32.5. The lowest BCUT2D eigenvalue weighted by atomic mass is 10.0. The number of nitrogen functional groups attached to an aromatic ring is 1. The van der Waals surface area contributed by atoms with Crippen LogP contribution in [0.15, 0.2) is 36.8 Å². The van der Waals surface area contributed by atoms with Crippen molar-refractivity contribution in [2.45, 2.75) is 146 Å². The number of unbranched alkanes of at least 4 members (excludes halogenated alkanes) is 15. The number of hydrogen-bond donors (Lipinski definition) is 3. The summed E-state index contributed by atoms with van der Waals surface area (Å²) < 4.78 is 43.3. The number of phosphoric acid groups is 1. The maximum Gasteiger partial charge on any atom is 0.472 e. The second-order valence-corrected chi connectivity index (χ2v) is 16.3. The van der Waals surface area contributed by atoms with Crippen LogP contribution >= 0.6 is 7.82 Å². The van der Waals surface area contributed by atoms with Crippen LogP contribution in [-0.2, 0) is 34.4 Å². The van der Waals surface area contributed by atoms with Crippen molar-refractivity contribution in [3.8, 4) is 12.1 Å². The molecule has 306 valence electrons. The molecule has 1 saturated carbocycles. The third-order valence-corrected chi connectivity index (χ3v) is 11.6. The molecule has 0 spiro atoms. The Morgan fingerprint density at radius 2 is 1.61 bits per heavy atom. The minimum Gasteiger partial charge on any atom is -0.389 e. The summed E-state index contributed by atoms with van der Waals surface area (Å²) in [5.41, 5.74) is 6.19. The molecule has 7 atom stereocenters. The monoisotopic (exact) mass is 795 g/mol. The Bertz CT molecular complexity index is 1780. The van der Waals surface area contributed by atoms with Gasteiger partial charge in [0.05, 0.1) is 37.5 Å². The molecule has 1 saturated heterocycles. The lowest BCUT2D eigenvalue weighted by Crippen LogP contribution is -2.27. The summed E-state index contributed by atoms with van der Waals surface area (Å²) in [6.45, 7) is 2.61. The summed E-state index contributed by atoms with van der Waals surface area (Å²) >= 11 is 0. The van der Waals surface area contributed by atoms with Gasteiger partial charge in [0, 0.05) is 12.8 Å². The van der Waals surface area contributed by atoms with Gasteiger partial charge in [-0.15, -0.1) is 0 Å². The first-order chi connectivity index (χ1) is 27.2. The number of pyridine rings is 1. The minimum absolute atomic E-state index is 0.0967. The maximum atomic E-state index is 13.2. The number of ether oxygens (including phenoxy) is 3. The van der Waals surface area contributed by atoms with E-state index in [-0.39, 0.29) is 31.3 Å². The van der Waals surface area contributed by atoms with Crippen molar-refractivity contribution in [2.24, 2.45) is 5.92 Å². The first-order valence-corrected chi connectivity index (χ1v) is 21.8. The van der Waals surface area contributed by atoms with E-state index in [2.05, 4.69) is 22.0 Å². The largest absolute Gasteiger partial charge is 0.472 e. The van der Waals surface area contributed by atoms with Crippen molar-refractivity contribution in [3.63, 3.8) is 0 Å². The van der Waals surface area contributed by atoms with E-state index in [4.69, 9.17) is 34.3 Å². The third kappa shape index (κ3) is 12.0. The number of nitriles is 2. The highest BCUT2D eigenvalue weighted by atomic mass is 31.2. The normalized spacial score (nSPS) is 23.0. The fraction of sp³-hybridized carbons (Fsp3) is 0.675. The minimum atomic E-state index is -4.76. The van der Waals surface area contributed by atoms with Gasteiger partial charge in [0.15, 0.2) is 11.4 Å². The van der Waals surface area contributed by atoms with E-state index in [0.717, 1.165) is 19.3 Å². The maximum absolute atomic E-state index is 13.2. The Morgan fingerprint density at radius 3 is 2.20 bits per heavy atom. The quantitative estimate of drug-likeness (QED) is 0.0486. The van der Waals surface area contributed by atoms with Gasteiger partial charge >= 0.3 is 7.82 Å². The fourth-order valence-electron chi connectivity index (χ4n) is 7.39. The van der Waals surface area contributed by atoms with E-state index in [9.17, 15) is 19.8 Å². The Morgan fingerprint density at radius 1 is 0.946 bits per heavy atom. The highest BCUT2D eigenvalue weighted by molar-refractivity contribution is 7.47. The van der Waals surface area contributed by atoms with Crippen LogP contribution in [0.4, 0.5) is 5.82 Å². The molecule has 3 unspecified atom stereocenters. The second-order valence-electron chi connectivity index (χ2n) is 14.9. The molecule has 5 rings (SSSR count). The van der Waals surface area contributed by atoms with E-state index in [1.807, 2.05) is 12.1 Å².